The van der Waals surface area contributed by atoms with Gasteiger partial charge in [-0.1, -0.05) is 17.7 Å². The molecule has 0 amide bonds. The van der Waals surface area contributed by atoms with Gasteiger partial charge < -0.3 is 9.67 Å². The summed E-state index contributed by atoms with van der Waals surface area (Å²) in [6.07, 6.45) is 1.82. The number of nitrogens with zero attached hydrogens (tertiary/aromatic N) is 2. The van der Waals surface area contributed by atoms with Gasteiger partial charge in [-0.25, -0.2) is 0 Å². The Labute approximate surface area is 158 Å². The van der Waals surface area contributed by atoms with Crippen LogP contribution in [-0.4, -0.2) is 15.6 Å². The molecule has 128 valence electrons. The zero-order valence-electron chi connectivity index (χ0n) is 13.6. The second-order valence-electron chi connectivity index (χ2n) is 6.10. The van der Waals surface area contributed by atoms with Gasteiger partial charge in [0.05, 0.1) is 18.1 Å². The van der Waals surface area contributed by atoms with Crippen LogP contribution in [0.2, 0.25) is 5.02 Å². The van der Waals surface area contributed by atoms with Crippen LogP contribution >= 0.6 is 22.9 Å². The first kappa shape index (κ1) is 16.6. The van der Waals surface area contributed by atoms with Crippen LogP contribution in [0, 0.1) is 11.3 Å². The second kappa shape index (κ2) is 6.49. The van der Waals surface area contributed by atoms with Crippen LogP contribution in [-0.2, 0) is 17.8 Å². The molecule has 0 bridgehead atoms. The first-order valence-corrected chi connectivity index (χ1v) is 9.20. The first-order chi connectivity index (χ1) is 12.5. The Kier molecular flexibility index (Phi) is 4.15. The molecule has 4 aromatic rings. The molecule has 26 heavy (non-hydrogen) atoms. The largest absolute Gasteiger partial charge is 0.481 e. The van der Waals surface area contributed by atoms with E-state index in [1.165, 1.54) is 0 Å². The number of carboxylic acids is 1. The molecular weight excluding hydrogens is 368 g/mol. The van der Waals surface area contributed by atoms with Gasteiger partial charge in [0.25, 0.3) is 0 Å². The summed E-state index contributed by atoms with van der Waals surface area (Å²) in [7, 11) is 0. The molecule has 0 fully saturated rings. The lowest BCUT2D eigenvalue weighted by Crippen LogP contribution is -2.00. The molecular formula is C20H13ClN2O2S. The summed E-state index contributed by atoms with van der Waals surface area (Å²) < 4.78 is 3.17. The van der Waals surface area contributed by atoms with Gasteiger partial charge in [-0.05, 0) is 52.2 Å². The Hall–Kier alpha value is -2.81. The van der Waals surface area contributed by atoms with E-state index in [1.54, 1.807) is 17.4 Å². The van der Waals surface area contributed by atoms with Crippen LogP contribution in [0.4, 0.5) is 0 Å². The van der Waals surface area contributed by atoms with E-state index in [1.807, 2.05) is 41.1 Å². The minimum atomic E-state index is -0.874. The van der Waals surface area contributed by atoms with Gasteiger partial charge in [-0.3, -0.25) is 4.79 Å². The number of thiophene rings is 1. The SMILES string of the molecule is N#Cc1ccc2c(CC(=O)O)cn(Cc3csc4ccc(Cl)cc34)c2c1. The molecule has 0 aliphatic heterocycles. The highest BCUT2D eigenvalue weighted by Gasteiger charge is 2.14. The van der Waals surface area contributed by atoms with Gasteiger partial charge in [0.15, 0.2) is 0 Å². The minimum absolute atomic E-state index is 0.0500. The molecule has 6 heteroatoms. The molecule has 0 saturated carbocycles. The van der Waals surface area contributed by atoms with Crippen LogP contribution < -0.4 is 0 Å². The fourth-order valence-electron chi connectivity index (χ4n) is 3.23. The Morgan fingerprint density at radius 1 is 1.19 bits per heavy atom. The molecule has 2 aromatic heterocycles. The number of carbonyl (C=O) groups is 1. The van der Waals surface area contributed by atoms with Crippen molar-refractivity contribution in [3.63, 3.8) is 0 Å². The fourth-order valence-corrected chi connectivity index (χ4v) is 4.34. The number of benzene rings is 2. The molecule has 0 unspecified atom stereocenters. The zero-order valence-corrected chi connectivity index (χ0v) is 15.1. The zero-order chi connectivity index (χ0) is 18.3. The van der Waals surface area contributed by atoms with Crippen LogP contribution in [0.1, 0.15) is 16.7 Å². The topological polar surface area (TPSA) is 66.0 Å². The third-order valence-corrected chi connectivity index (χ3v) is 5.64. The lowest BCUT2D eigenvalue weighted by Gasteiger charge is -2.05. The van der Waals surface area contributed by atoms with Gasteiger partial charge in [-0.2, -0.15) is 5.26 Å². The van der Waals surface area contributed by atoms with E-state index >= 15 is 0 Å². The molecule has 0 spiro atoms. The Bertz CT molecular complexity index is 1200. The van der Waals surface area contributed by atoms with Gasteiger partial charge in [0.1, 0.15) is 0 Å². The summed E-state index contributed by atoms with van der Waals surface area (Å²) in [5, 5.41) is 23.1. The number of hydrogen-bond acceptors (Lipinski definition) is 3. The van der Waals surface area contributed by atoms with Gasteiger partial charge in [-0.15, -0.1) is 11.3 Å². The maximum absolute atomic E-state index is 11.2. The molecule has 1 N–H and O–H groups in total. The third-order valence-electron chi connectivity index (χ3n) is 4.39. The second-order valence-corrected chi connectivity index (χ2v) is 7.45. The van der Waals surface area contributed by atoms with Crippen LogP contribution in [0.25, 0.3) is 21.0 Å². The van der Waals surface area contributed by atoms with Crippen molar-refractivity contribution in [1.82, 2.24) is 4.57 Å². The minimum Gasteiger partial charge on any atom is -0.481 e. The lowest BCUT2D eigenvalue weighted by atomic mass is 10.1. The van der Waals surface area contributed by atoms with E-state index in [0.29, 0.717) is 17.1 Å². The normalized spacial score (nSPS) is 11.1. The summed E-state index contributed by atoms with van der Waals surface area (Å²) in [5.41, 5.74) is 3.28. The number of aliphatic carboxylic acids is 1. The van der Waals surface area contributed by atoms with Gasteiger partial charge in [0.2, 0.25) is 0 Å². The summed E-state index contributed by atoms with van der Waals surface area (Å²) in [6.45, 7) is 0.589. The van der Waals surface area contributed by atoms with Crippen LogP contribution in [0.15, 0.2) is 48.0 Å². The number of fused-ring (bicyclic) bond motifs is 2. The first-order valence-electron chi connectivity index (χ1n) is 7.94. The predicted octanol–water partition coefficient (Wildman–Crippen LogP) is 5.06. The summed E-state index contributed by atoms with van der Waals surface area (Å²) in [4.78, 5) is 11.2. The number of halogens is 1. The molecule has 4 nitrogen and oxygen atoms in total. The maximum Gasteiger partial charge on any atom is 0.307 e. The molecule has 0 aliphatic rings. The number of hydrogen-bond donors (Lipinski definition) is 1. The van der Waals surface area contributed by atoms with Crippen molar-refractivity contribution >= 4 is 49.9 Å². The highest BCUT2D eigenvalue weighted by molar-refractivity contribution is 7.17. The number of carboxylic acid groups (broad SMARTS) is 1. The molecule has 0 atom stereocenters. The Balaban J connectivity index is 1.85. The van der Waals surface area contributed by atoms with Crippen molar-refractivity contribution < 1.29 is 9.90 Å². The summed E-state index contributed by atoms with van der Waals surface area (Å²) in [6, 6.07) is 13.3. The molecule has 0 radical (unpaired) electrons. The Morgan fingerprint density at radius 3 is 2.81 bits per heavy atom. The van der Waals surface area contributed by atoms with Crippen molar-refractivity contribution in [2.24, 2.45) is 0 Å². The Morgan fingerprint density at radius 2 is 2.04 bits per heavy atom. The standard InChI is InChI=1S/C20H13ClN2O2S/c21-15-2-4-19-17(7-15)14(11-26-19)10-23-9-13(6-20(24)25)16-3-1-12(8-22)5-18(16)23/h1-5,7,9,11H,6,10H2,(H,24,25). The molecule has 2 heterocycles. The number of aromatic nitrogens is 1. The monoisotopic (exact) mass is 380 g/mol. The van der Waals surface area contributed by atoms with Crippen molar-refractivity contribution in [2.45, 2.75) is 13.0 Å². The highest BCUT2D eigenvalue weighted by atomic mass is 35.5. The van der Waals surface area contributed by atoms with E-state index in [9.17, 15) is 15.2 Å². The van der Waals surface area contributed by atoms with E-state index in [0.717, 1.165) is 32.1 Å². The van der Waals surface area contributed by atoms with Crippen LogP contribution in [0.5, 0.6) is 0 Å². The van der Waals surface area contributed by atoms with Crippen molar-refractivity contribution in [1.29, 1.82) is 5.26 Å². The van der Waals surface area contributed by atoms with Crippen molar-refractivity contribution in [2.75, 3.05) is 0 Å². The van der Waals surface area contributed by atoms with Crippen LogP contribution in [0.3, 0.4) is 0 Å². The molecule has 4 rings (SSSR count). The van der Waals surface area contributed by atoms with Crippen molar-refractivity contribution in [3.8, 4) is 6.07 Å². The molecule has 0 aliphatic carbocycles. The lowest BCUT2D eigenvalue weighted by molar-refractivity contribution is -0.136. The molecule has 2 aromatic carbocycles. The summed E-state index contributed by atoms with van der Waals surface area (Å²) >= 11 is 7.80. The van der Waals surface area contributed by atoms with E-state index in [-0.39, 0.29) is 6.42 Å². The average Bonchev–Trinajstić information content (AvgIpc) is 3.16. The smallest absolute Gasteiger partial charge is 0.307 e. The third kappa shape index (κ3) is 2.94. The number of nitriles is 1. The van der Waals surface area contributed by atoms with Gasteiger partial charge in [0, 0.05) is 33.4 Å². The van der Waals surface area contributed by atoms with E-state index in [4.69, 9.17) is 11.6 Å². The average molecular weight is 381 g/mol. The predicted molar refractivity (Wildman–Crippen MR) is 104 cm³/mol. The fraction of sp³-hybridized carbons (Fsp3) is 0.100. The van der Waals surface area contributed by atoms with E-state index < -0.39 is 5.97 Å². The quantitative estimate of drug-likeness (QED) is 0.538. The molecule has 0 saturated heterocycles. The maximum atomic E-state index is 11.2. The van der Waals surface area contributed by atoms with E-state index in [2.05, 4.69) is 11.4 Å². The highest BCUT2D eigenvalue weighted by Crippen LogP contribution is 2.31. The van der Waals surface area contributed by atoms with Crippen molar-refractivity contribution in [3.05, 3.63) is 69.7 Å². The number of rotatable bonds is 4. The summed E-state index contributed by atoms with van der Waals surface area (Å²) in [5.74, 6) is -0.874. The van der Waals surface area contributed by atoms with Gasteiger partial charge >= 0.3 is 5.97 Å².